The summed E-state index contributed by atoms with van der Waals surface area (Å²) in [4.78, 5) is 0. The van der Waals surface area contributed by atoms with Crippen LogP contribution in [0.2, 0.25) is 0 Å². The van der Waals surface area contributed by atoms with Gasteiger partial charge in [0.2, 0.25) is 0 Å². The summed E-state index contributed by atoms with van der Waals surface area (Å²) in [5.41, 5.74) is 1.25. The van der Waals surface area contributed by atoms with Gasteiger partial charge in [0.1, 0.15) is 12.4 Å². The second-order valence-corrected chi connectivity index (χ2v) is 6.23. The summed E-state index contributed by atoms with van der Waals surface area (Å²) < 4.78 is 5.77. The first-order chi connectivity index (χ1) is 9.13. The lowest BCUT2D eigenvalue weighted by molar-refractivity contribution is 0.225. The van der Waals surface area contributed by atoms with E-state index in [0.29, 0.717) is 6.04 Å². The summed E-state index contributed by atoms with van der Waals surface area (Å²) in [5, 5.41) is 3.64. The molecule has 2 rings (SSSR count). The third-order valence-electron chi connectivity index (χ3n) is 3.97. The Labute approximate surface area is 117 Å². The molecule has 1 fully saturated rings. The van der Waals surface area contributed by atoms with Crippen molar-refractivity contribution in [3.05, 3.63) is 29.8 Å². The standard InChI is InChI=1S/C17H27NO/c1-13-5-4-6-17(12-13)19-8-7-18-16-10-14(2)9-15(3)11-16/h4-6,12,14-16,18H,7-11H2,1-3H3. The quantitative estimate of drug-likeness (QED) is 0.814. The lowest BCUT2D eigenvalue weighted by Crippen LogP contribution is -2.38. The van der Waals surface area contributed by atoms with E-state index >= 15 is 0 Å². The van der Waals surface area contributed by atoms with Crippen LogP contribution in [0.15, 0.2) is 24.3 Å². The molecule has 1 aliphatic rings. The van der Waals surface area contributed by atoms with Crippen LogP contribution in [0.3, 0.4) is 0 Å². The topological polar surface area (TPSA) is 21.3 Å². The molecule has 0 aliphatic heterocycles. The maximum Gasteiger partial charge on any atom is 0.119 e. The Bertz CT molecular complexity index is 381. The Hall–Kier alpha value is -1.02. The van der Waals surface area contributed by atoms with Crippen LogP contribution in [0.1, 0.15) is 38.7 Å². The van der Waals surface area contributed by atoms with Crippen molar-refractivity contribution in [3.63, 3.8) is 0 Å². The maximum absolute atomic E-state index is 5.77. The Kier molecular flexibility index (Phi) is 5.26. The van der Waals surface area contributed by atoms with E-state index in [9.17, 15) is 0 Å². The Balaban J connectivity index is 1.66. The van der Waals surface area contributed by atoms with E-state index in [-0.39, 0.29) is 0 Å². The summed E-state index contributed by atoms with van der Waals surface area (Å²) in [6.45, 7) is 8.53. The minimum Gasteiger partial charge on any atom is -0.492 e. The van der Waals surface area contributed by atoms with E-state index in [4.69, 9.17) is 4.74 Å². The van der Waals surface area contributed by atoms with E-state index in [0.717, 1.165) is 30.7 Å². The van der Waals surface area contributed by atoms with Crippen LogP contribution in [-0.4, -0.2) is 19.2 Å². The molecule has 2 unspecified atom stereocenters. The molecule has 2 atom stereocenters. The third kappa shape index (κ3) is 4.87. The molecule has 106 valence electrons. The van der Waals surface area contributed by atoms with Crippen LogP contribution in [0.5, 0.6) is 5.75 Å². The summed E-state index contributed by atoms with van der Waals surface area (Å²) in [6, 6.07) is 8.93. The van der Waals surface area contributed by atoms with Crippen molar-refractivity contribution in [1.29, 1.82) is 0 Å². The highest BCUT2D eigenvalue weighted by Gasteiger charge is 2.23. The van der Waals surface area contributed by atoms with Gasteiger partial charge in [0.05, 0.1) is 0 Å². The first kappa shape index (κ1) is 14.4. The lowest BCUT2D eigenvalue weighted by atomic mass is 9.80. The van der Waals surface area contributed by atoms with Crippen LogP contribution in [-0.2, 0) is 0 Å². The Morgan fingerprint density at radius 3 is 2.58 bits per heavy atom. The van der Waals surface area contributed by atoms with Gasteiger partial charge in [0.15, 0.2) is 0 Å². The normalized spacial score (nSPS) is 27.2. The molecule has 0 amide bonds. The van der Waals surface area contributed by atoms with Gasteiger partial charge in [-0.1, -0.05) is 26.0 Å². The van der Waals surface area contributed by atoms with E-state index in [1.807, 2.05) is 12.1 Å². The second-order valence-electron chi connectivity index (χ2n) is 6.23. The average molecular weight is 261 g/mol. The fourth-order valence-electron chi connectivity index (χ4n) is 3.25. The lowest BCUT2D eigenvalue weighted by Gasteiger charge is -2.32. The molecular weight excluding hydrogens is 234 g/mol. The summed E-state index contributed by atoms with van der Waals surface area (Å²) in [6.07, 6.45) is 4.02. The number of hydrogen-bond acceptors (Lipinski definition) is 2. The van der Waals surface area contributed by atoms with Crippen molar-refractivity contribution in [3.8, 4) is 5.75 Å². The van der Waals surface area contributed by atoms with Crippen molar-refractivity contribution in [1.82, 2.24) is 5.32 Å². The van der Waals surface area contributed by atoms with E-state index in [1.165, 1.54) is 24.8 Å². The second kappa shape index (κ2) is 6.95. The number of aryl methyl sites for hydroxylation is 1. The molecule has 0 saturated heterocycles. The zero-order valence-electron chi connectivity index (χ0n) is 12.5. The third-order valence-corrected chi connectivity index (χ3v) is 3.97. The molecule has 1 aromatic rings. The van der Waals surface area contributed by atoms with Crippen LogP contribution < -0.4 is 10.1 Å². The zero-order chi connectivity index (χ0) is 13.7. The molecule has 0 radical (unpaired) electrons. The predicted octanol–water partition coefficient (Wildman–Crippen LogP) is 3.79. The molecule has 2 heteroatoms. The van der Waals surface area contributed by atoms with Crippen LogP contribution in [0, 0.1) is 18.8 Å². The molecule has 19 heavy (non-hydrogen) atoms. The number of ether oxygens (including phenoxy) is 1. The number of nitrogens with one attached hydrogen (secondary N) is 1. The molecular formula is C17H27NO. The van der Waals surface area contributed by atoms with Crippen molar-refractivity contribution in [2.45, 2.75) is 46.1 Å². The number of hydrogen-bond donors (Lipinski definition) is 1. The summed E-state index contributed by atoms with van der Waals surface area (Å²) in [5.74, 6) is 2.70. The van der Waals surface area contributed by atoms with Crippen LogP contribution in [0.25, 0.3) is 0 Å². The van der Waals surface area contributed by atoms with Crippen LogP contribution >= 0.6 is 0 Å². The first-order valence-electron chi connectivity index (χ1n) is 7.56. The van der Waals surface area contributed by atoms with Crippen LogP contribution in [0.4, 0.5) is 0 Å². The molecule has 1 aliphatic carbocycles. The van der Waals surface area contributed by atoms with Gasteiger partial charge in [-0.15, -0.1) is 0 Å². The van der Waals surface area contributed by atoms with Gasteiger partial charge in [-0.3, -0.25) is 0 Å². The number of rotatable bonds is 5. The molecule has 0 bridgehead atoms. The molecule has 2 nitrogen and oxygen atoms in total. The van der Waals surface area contributed by atoms with E-state index < -0.39 is 0 Å². The minimum absolute atomic E-state index is 0.680. The van der Waals surface area contributed by atoms with Gasteiger partial charge in [-0.05, 0) is 55.7 Å². The molecule has 1 aromatic carbocycles. The van der Waals surface area contributed by atoms with Crippen molar-refractivity contribution < 1.29 is 4.74 Å². The fraction of sp³-hybridized carbons (Fsp3) is 0.647. The Morgan fingerprint density at radius 2 is 1.89 bits per heavy atom. The van der Waals surface area contributed by atoms with Gasteiger partial charge in [-0.2, -0.15) is 0 Å². The average Bonchev–Trinajstić information content (AvgIpc) is 2.34. The highest BCUT2D eigenvalue weighted by molar-refractivity contribution is 5.27. The maximum atomic E-state index is 5.77. The molecule has 1 saturated carbocycles. The van der Waals surface area contributed by atoms with E-state index in [1.54, 1.807) is 0 Å². The summed E-state index contributed by atoms with van der Waals surface area (Å²) >= 11 is 0. The summed E-state index contributed by atoms with van der Waals surface area (Å²) in [7, 11) is 0. The smallest absolute Gasteiger partial charge is 0.119 e. The zero-order valence-corrected chi connectivity index (χ0v) is 12.5. The molecule has 0 aromatic heterocycles. The largest absolute Gasteiger partial charge is 0.492 e. The highest BCUT2D eigenvalue weighted by Crippen LogP contribution is 2.28. The highest BCUT2D eigenvalue weighted by atomic mass is 16.5. The minimum atomic E-state index is 0.680. The van der Waals surface area contributed by atoms with Crippen molar-refractivity contribution >= 4 is 0 Å². The molecule has 0 heterocycles. The predicted molar refractivity (Wildman–Crippen MR) is 80.6 cm³/mol. The first-order valence-corrected chi connectivity index (χ1v) is 7.56. The van der Waals surface area contributed by atoms with Gasteiger partial charge < -0.3 is 10.1 Å². The van der Waals surface area contributed by atoms with Crippen molar-refractivity contribution in [2.24, 2.45) is 11.8 Å². The molecule has 1 N–H and O–H groups in total. The van der Waals surface area contributed by atoms with Crippen molar-refractivity contribution in [2.75, 3.05) is 13.2 Å². The van der Waals surface area contributed by atoms with Gasteiger partial charge in [0, 0.05) is 12.6 Å². The SMILES string of the molecule is Cc1cccc(OCCNC2CC(C)CC(C)C2)c1. The fourth-order valence-corrected chi connectivity index (χ4v) is 3.25. The van der Waals surface area contributed by atoms with Gasteiger partial charge >= 0.3 is 0 Å². The number of benzene rings is 1. The van der Waals surface area contributed by atoms with Gasteiger partial charge in [0.25, 0.3) is 0 Å². The van der Waals surface area contributed by atoms with E-state index in [2.05, 4.69) is 38.2 Å². The van der Waals surface area contributed by atoms with Gasteiger partial charge in [-0.25, -0.2) is 0 Å². The monoisotopic (exact) mass is 261 g/mol. The molecule has 0 spiro atoms. The Morgan fingerprint density at radius 1 is 1.16 bits per heavy atom.